The Kier molecular flexibility index (Phi) is 5.58. The van der Waals surface area contributed by atoms with E-state index in [2.05, 4.69) is 15.9 Å². The monoisotopic (exact) mass is 442 g/mol. The molecule has 1 aliphatic heterocycles. The summed E-state index contributed by atoms with van der Waals surface area (Å²) in [4.78, 5) is 28.2. The van der Waals surface area contributed by atoms with E-state index in [0.29, 0.717) is 30.7 Å². The van der Waals surface area contributed by atoms with Crippen LogP contribution in [-0.4, -0.2) is 47.8 Å². The zero-order valence-corrected chi connectivity index (χ0v) is 15.9. The lowest BCUT2D eigenvalue weighted by Crippen LogP contribution is -2.50. The van der Waals surface area contributed by atoms with E-state index in [0.717, 1.165) is 6.07 Å². The number of carbonyl (C=O) groups is 2. The molecule has 1 saturated heterocycles. The van der Waals surface area contributed by atoms with Gasteiger partial charge in [-0.1, -0.05) is 27.5 Å². The van der Waals surface area contributed by atoms with E-state index >= 15 is 0 Å². The Morgan fingerprint density at radius 2 is 1.50 bits per heavy atom. The van der Waals surface area contributed by atoms with Crippen molar-refractivity contribution < 1.29 is 18.4 Å². The van der Waals surface area contributed by atoms with E-state index in [4.69, 9.17) is 11.6 Å². The van der Waals surface area contributed by atoms with Crippen LogP contribution in [0.15, 0.2) is 40.9 Å². The summed E-state index contributed by atoms with van der Waals surface area (Å²) in [7, 11) is 0. The van der Waals surface area contributed by atoms with Gasteiger partial charge >= 0.3 is 0 Å². The molecule has 1 aliphatic rings. The molecule has 26 heavy (non-hydrogen) atoms. The second-order valence-corrected chi connectivity index (χ2v) is 7.19. The summed E-state index contributed by atoms with van der Waals surface area (Å²) in [5.41, 5.74) is 0.472. The van der Waals surface area contributed by atoms with Crippen LogP contribution in [0.4, 0.5) is 8.78 Å². The molecular weight excluding hydrogens is 430 g/mol. The topological polar surface area (TPSA) is 40.6 Å². The molecule has 4 nitrogen and oxygen atoms in total. The summed E-state index contributed by atoms with van der Waals surface area (Å²) in [5.74, 6) is -1.61. The molecule has 2 aromatic rings. The first-order valence-corrected chi connectivity index (χ1v) is 9.02. The fourth-order valence-electron chi connectivity index (χ4n) is 2.81. The van der Waals surface area contributed by atoms with Gasteiger partial charge in [0.2, 0.25) is 0 Å². The molecular formula is C18H14BrClF2N2O2. The van der Waals surface area contributed by atoms with E-state index < -0.39 is 11.6 Å². The molecule has 0 N–H and O–H groups in total. The third-order valence-corrected chi connectivity index (χ3v) is 4.90. The number of rotatable bonds is 2. The second kappa shape index (κ2) is 7.72. The summed E-state index contributed by atoms with van der Waals surface area (Å²) >= 11 is 9.11. The average molecular weight is 444 g/mol. The summed E-state index contributed by atoms with van der Waals surface area (Å²) in [5, 5.41) is 0.0538. The van der Waals surface area contributed by atoms with Crippen LogP contribution in [0.5, 0.6) is 0 Å². The molecule has 0 spiro atoms. The van der Waals surface area contributed by atoms with Gasteiger partial charge < -0.3 is 9.80 Å². The molecule has 8 heteroatoms. The van der Waals surface area contributed by atoms with Gasteiger partial charge in [0.1, 0.15) is 11.6 Å². The fraction of sp³-hybridized carbons (Fsp3) is 0.222. The molecule has 2 amide bonds. The Balaban J connectivity index is 1.67. The number of carbonyl (C=O) groups excluding carboxylic acids is 2. The minimum atomic E-state index is -0.511. The predicted octanol–water partition coefficient (Wildman–Crippen LogP) is 3.98. The van der Waals surface area contributed by atoms with Crippen molar-refractivity contribution in [3.05, 3.63) is 68.7 Å². The first kappa shape index (κ1) is 18.8. The summed E-state index contributed by atoms with van der Waals surface area (Å²) < 4.78 is 27.1. The highest BCUT2D eigenvalue weighted by Crippen LogP contribution is 2.21. The molecule has 0 aliphatic carbocycles. The van der Waals surface area contributed by atoms with Gasteiger partial charge in [0.25, 0.3) is 11.8 Å². The molecule has 0 atom stereocenters. The van der Waals surface area contributed by atoms with Crippen LogP contribution >= 0.6 is 27.5 Å². The zero-order valence-electron chi connectivity index (χ0n) is 13.5. The van der Waals surface area contributed by atoms with Crippen LogP contribution in [0.25, 0.3) is 0 Å². The maximum atomic E-state index is 13.5. The van der Waals surface area contributed by atoms with Crippen molar-refractivity contribution in [3.8, 4) is 0 Å². The van der Waals surface area contributed by atoms with Crippen LogP contribution in [0.1, 0.15) is 20.7 Å². The fourth-order valence-corrected chi connectivity index (χ4v) is 3.52. The number of benzene rings is 2. The summed E-state index contributed by atoms with van der Waals surface area (Å²) in [6.45, 7) is 1.26. The van der Waals surface area contributed by atoms with Gasteiger partial charge in [-0.15, -0.1) is 0 Å². The Labute approximate surface area is 162 Å². The highest BCUT2D eigenvalue weighted by molar-refractivity contribution is 9.10. The van der Waals surface area contributed by atoms with Crippen LogP contribution < -0.4 is 0 Å². The van der Waals surface area contributed by atoms with Crippen LogP contribution in [0.3, 0.4) is 0 Å². The number of piperazine rings is 1. The Bertz CT molecular complexity index is 850. The Hall–Kier alpha value is -1.99. The molecule has 136 valence electrons. The van der Waals surface area contributed by atoms with Crippen LogP contribution in [0.2, 0.25) is 5.02 Å². The lowest BCUT2D eigenvalue weighted by Gasteiger charge is -2.35. The number of halogens is 4. The first-order valence-electron chi connectivity index (χ1n) is 7.85. The number of hydrogen-bond donors (Lipinski definition) is 0. The third-order valence-electron chi connectivity index (χ3n) is 4.13. The van der Waals surface area contributed by atoms with Crippen molar-refractivity contribution >= 4 is 39.3 Å². The number of nitrogens with zero attached hydrogens (tertiary/aromatic N) is 2. The molecule has 1 heterocycles. The minimum Gasteiger partial charge on any atom is -0.335 e. The maximum absolute atomic E-state index is 13.5. The molecule has 0 aromatic heterocycles. The summed E-state index contributed by atoms with van der Waals surface area (Å²) in [6, 6.07) is 7.64. The maximum Gasteiger partial charge on any atom is 0.255 e. The molecule has 0 bridgehead atoms. The summed E-state index contributed by atoms with van der Waals surface area (Å²) in [6.07, 6.45) is 0. The first-order chi connectivity index (χ1) is 12.3. The number of amides is 2. The van der Waals surface area contributed by atoms with E-state index in [1.807, 2.05) is 0 Å². The lowest BCUT2D eigenvalue weighted by molar-refractivity contribution is 0.0535. The predicted molar refractivity (Wildman–Crippen MR) is 97.3 cm³/mol. The molecule has 1 fully saturated rings. The second-order valence-electron chi connectivity index (χ2n) is 5.87. The van der Waals surface area contributed by atoms with Gasteiger partial charge in [0, 0.05) is 36.2 Å². The largest absolute Gasteiger partial charge is 0.335 e. The third kappa shape index (κ3) is 4.04. The van der Waals surface area contributed by atoms with Crippen molar-refractivity contribution in [3.63, 3.8) is 0 Å². The SMILES string of the molecule is O=C(c1cc(F)cc(Br)c1)N1CCN(C(=O)c2ccc(F)cc2Cl)CC1. The van der Waals surface area contributed by atoms with Crippen LogP contribution in [-0.2, 0) is 0 Å². The van der Waals surface area contributed by atoms with Gasteiger partial charge in [-0.25, -0.2) is 8.78 Å². The highest BCUT2D eigenvalue weighted by atomic mass is 79.9. The lowest BCUT2D eigenvalue weighted by atomic mass is 10.1. The van der Waals surface area contributed by atoms with E-state index in [9.17, 15) is 18.4 Å². The van der Waals surface area contributed by atoms with Crippen molar-refractivity contribution in [1.29, 1.82) is 0 Å². The van der Waals surface area contributed by atoms with E-state index in [-0.39, 0.29) is 28.0 Å². The Morgan fingerprint density at radius 3 is 2.08 bits per heavy atom. The van der Waals surface area contributed by atoms with Gasteiger partial charge in [0.15, 0.2) is 0 Å². The van der Waals surface area contributed by atoms with Gasteiger partial charge in [-0.2, -0.15) is 0 Å². The standard InChI is InChI=1S/C18H14BrClF2N2O2/c19-12-7-11(8-14(22)9-12)17(25)23-3-5-24(6-4-23)18(26)15-2-1-13(21)10-16(15)20/h1-2,7-10H,3-6H2. The molecule has 0 saturated carbocycles. The van der Waals surface area contributed by atoms with Gasteiger partial charge in [-0.3, -0.25) is 9.59 Å². The van der Waals surface area contributed by atoms with E-state index in [1.54, 1.807) is 15.9 Å². The van der Waals surface area contributed by atoms with Crippen molar-refractivity contribution in [2.75, 3.05) is 26.2 Å². The van der Waals surface area contributed by atoms with Crippen LogP contribution in [0, 0.1) is 11.6 Å². The smallest absolute Gasteiger partial charge is 0.255 e. The quantitative estimate of drug-likeness (QED) is 0.704. The Morgan fingerprint density at radius 1 is 0.885 bits per heavy atom. The van der Waals surface area contributed by atoms with Gasteiger partial charge in [-0.05, 0) is 36.4 Å². The normalized spacial score (nSPS) is 14.5. The molecule has 3 rings (SSSR count). The van der Waals surface area contributed by atoms with Crippen molar-refractivity contribution in [1.82, 2.24) is 9.80 Å². The van der Waals surface area contributed by atoms with Gasteiger partial charge in [0.05, 0.1) is 10.6 Å². The molecule has 2 aromatic carbocycles. The van der Waals surface area contributed by atoms with E-state index in [1.165, 1.54) is 24.3 Å². The van der Waals surface area contributed by atoms with Crippen molar-refractivity contribution in [2.24, 2.45) is 0 Å². The number of hydrogen-bond acceptors (Lipinski definition) is 2. The zero-order chi connectivity index (χ0) is 18.8. The molecule has 0 radical (unpaired) electrons. The minimum absolute atomic E-state index is 0.0538. The highest BCUT2D eigenvalue weighted by Gasteiger charge is 2.27. The average Bonchev–Trinajstić information content (AvgIpc) is 2.60. The molecule has 0 unspecified atom stereocenters. The van der Waals surface area contributed by atoms with Crippen molar-refractivity contribution in [2.45, 2.75) is 0 Å².